The first-order chi connectivity index (χ1) is 11.5. The van der Waals surface area contributed by atoms with Crippen molar-refractivity contribution in [1.82, 2.24) is 9.97 Å². The molecule has 1 N–H and O–H groups in total. The van der Waals surface area contributed by atoms with Gasteiger partial charge in [0.25, 0.3) is 0 Å². The van der Waals surface area contributed by atoms with Gasteiger partial charge >= 0.3 is 0 Å². The topological polar surface area (TPSA) is 45.8 Å². The fourth-order valence-electron chi connectivity index (χ4n) is 3.26. The van der Waals surface area contributed by atoms with E-state index in [9.17, 15) is 4.79 Å². The molecule has 0 unspecified atom stereocenters. The smallest absolute Gasteiger partial charge is 0.165 e. The number of nitrogens with one attached hydrogen (secondary N) is 1. The molecule has 0 bridgehead atoms. The van der Waals surface area contributed by atoms with Crippen LogP contribution < -0.4 is 0 Å². The minimum absolute atomic E-state index is 0.00372. The summed E-state index contributed by atoms with van der Waals surface area (Å²) in [5.41, 5.74) is 4.47. The highest BCUT2D eigenvalue weighted by molar-refractivity contribution is 5.98. The number of hydrogen-bond acceptors (Lipinski definition) is 2. The second-order valence-corrected chi connectivity index (χ2v) is 7.19. The van der Waals surface area contributed by atoms with Gasteiger partial charge in [-0.3, -0.25) is 9.78 Å². The van der Waals surface area contributed by atoms with Gasteiger partial charge in [0.1, 0.15) is 0 Å². The average molecular weight is 314 g/mol. The van der Waals surface area contributed by atoms with E-state index in [0.29, 0.717) is 6.42 Å². The molecule has 0 spiro atoms. The molecular weight excluding hydrogens is 296 g/mol. The monoisotopic (exact) mass is 314 g/mol. The second kappa shape index (κ2) is 5.35. The quantitative estimate of drug-likeness (QED) is 0.635. The molecule has 3 heteroatoms. The minimum Gasteiger partial charge on any atom is -0.361 e. The van der Waals surface area contributed by atoms with Crippen molar-refractivity contribution >= 4 is 16.7 Å². The van der Waals surface area contributed by atoms with Gasteiger partial charge < -0.3 is 4.98 Å². The van der Waals surface area contributed by atoms with E-state index >= 15 is 0 Å². The average Bonchev–Trinajstić information content (AvgIpc) is 3.00. The molecule has 0 radical (unpaired) electrons. The third-order valence-corrected chi connectivity index (χ3v) is 4.46. The number of carbonyl (C=O) groups excluding carboxylic acids is 1. The maximum Gasteiger partial charge on any atom is 0.165 e. The molecule has 0 fully saturated rings. The number of aromatic amines is 1. The molecule has 2 heterocycles. The SMILES string of the molecule is CC1(C)CC(=O)c2cc(C#Cc3ccc4[nH]ccc4c3)cnc2C1. The van der Waals surface area contributed by atoms with Crippen LogP contribution in [-0.4, -0.2) is 15.8 Å². The van der Waals surface area contributed by atoms with Crippen LogP contribution in [0, 0.1) is 17.3 Å². The molecule has 1 aromatic carbocycles. The Morgan fingerprint density at radius 2 is 1.92 bits per heavy atom. The minimum atomic E-state index is -0.00372. The van der Waals surface area contributed by atoms with Crippen LogP contribution in [0.2, 0.25) is 0 Å². The normalized spacial score (nSPS) is 15.7. The van der Waals surface area contributed by atoms with Gasteiger partial charge in [0.15, 0.2) is 5.78 Å². The van der Waals surface area contributed by atoms with Crippen LogP contribution in [0.3, 0.4) is 0 Å². The molecule has 1 aliphatic carbocycles. The first-order valence-electron chi connectivity index (χ1n) is 8.11. The zero-order valence-electron chi connectivity index (χ0n) is 13.8. The molecule has 118 valence electrons. The Kier molecular flexibility index (Phi) is 3.28. The van der Waals surface area contributed by atoms with E-state index in [2.05, 4.69) is 41.7 Å². The van der Waals surface area contributed by atoms with Crippen molar-refractivity contribution in [3.05, 3.63) is 65.1 Å². The number of pyridine rings is 1. The number of benzene rings is 1. The van der Waals surface area contributed by atoms with E-state index < -0.39 is 0 Å². The maximum absolute atomic E-state index is 12.4. The van der Waals surface area contributed by atoms with Gasteiger partial charge in [-0.25, -0.2) is 0 Å². The zero-order chi connectivity index (χ0) is 16.7. The highest BCUT2D eigenvalue weighted by Gasteiger charge is 2.31. The Hall–Kier alpha value is -2.86. The van der Waals surface area contributed by atoms with Crippen molar-refractivity contribution in [2.45, 2.75) is 26.7 Å². The van der Waals surface area contributed by atoms with Gasteiger partial charge in [0, 0.05) is 46.4 Å². The number of Topliss-reactive ketones (excluding diaryl/α,β-unsaturated/α-hetero) is 1. The third-order valence-electron chi connectivity index (χ3n) is 4.46. The van der Waals surface area contributed by atoms with E-state index in [1.165, 1.54) is 0 Å². The molecule has 0 amide bonds. The van der Waals surface area contributed by atoms with E-state index in [0.717, 1.165) is 39.7 Å². The number of hydrogen-bond donors (Lipinski definition) is 1. The number of H-pyrrole nitrogens is 1. The number of ketones is 1. The van der Waals surface area contributed by atoms with E-state index in [1.54, 1.807) is 6.20 Å². The highest BCUT2D eigenvalue weighted by Crippen LogP contribution is 2.33. The number of carbonyl (C=O) groups is 1. The summed E-state index contributed by atoms with van der Waals surface area (Å²) in [6.07, 6.45) is 5.10. The summed E-state index contributed by atoms with van der Waals surface area (Å²) in [6.45, 7) is 4.22. The molecule has 0 saturated heterocycles. The molecule has 1 aliphatic rings. The Labute approximate surface area is 141 Å². The van der Waals surface area contributed by atoms with Crippen LogP contribution >= 0.6 is 0 Å². The lowest BCUT2D eigenvalue weighted by Gasteiger charge is -2.29. The lowest BCUT2D eigenvalue weighted by molar-refractivity contribution is 0.0910. The van der Waals surface area contributed by atoms with Crippen molar-refractivity contribution < 1.29 is 4.79 Å². The summed E-state index contributed by atoms with van der Waals surface area (Å²) < 4.78 is 0. The number of fused-ring (bicyclic) bond motifs is 2. The largest absolute Gasteiger partial charge is 0.361 e. The lowest BCUT2D eigenvalue weighted by Crippen LogP contribution is -2.27. The Morgan fingerprint density at radius 1 is 1.08 bits per heavy atom. The van der Waals surface area contributed by atoms with Crippen molar-refractivity contribution in [2.75, 3.05) is 0 Å². The summed E-state index contributed by atoms with van der Waals surface area (Å²) >= 11 is 0. The van der Waals surface area contributed by atoms with Crippen LogP contribution in [0.1, 0.15) is 47.4 Å². The number of nitrogens with zero attached hydrogens (tertiary/aromatic N) is 1. The summed E-state index contributed by atoms with van der Waals surface area (Å²) in [5.74, 6) is 6.47. The van der Waals surface area contributed by atoms with Gasteiger partial charge in [-0.2, -0.15) is 0 Å². The molecule has 3 aromatic rings. The van der Waals surface area contributed by atoms with E-state index in [1.807, 2.05) is 30.5 Å². The number of rotatable bonds is 0. The van der Waals surface area contributed by atoms with Crippen LogP contribution in [0.25, 0.3) is 10.9 Å². The predicted octanol–water partition coefficient (Wildman–Crippen LogP) is 4.12. The summed E-state index contributed by atoms with van der Waals surface area (Å²) in [7, 11) is 0. The van der Waals surface area contributed by atoms with Gasteiger partial charge in [0.2, 0.25) is 0 Å². The van der Waals surface area contributed by atoms with Crippen molar-refractivity contribution in [2.24, 2.45) is 5.41 Å². The van der Waals surface area contributed by atoms with Crippen molar-refractivity contribution in [3.63, 3.8) is 0 Å². The van der Waals surface area contributed by atoms with E-state index in [-0.39, 0.29) is 11.2 Å². The summed E-state index contributed by atoms with van der Waals surface area (Å²) in [6, 6.07) is 9.99. The van der Waals surface area contributed by atoms with Gasteiger partial charge in [-0.1, -0.05) is 25.7 Å². The molecule has 0 saturated carbocycles. The second-order valence-electron chi connectivity index (χ2n) is 7.19. The summed E-state index contributed by atoms with van der Waals surface area (Å²) in [5, 5.41) is 1.14. The molecule has 24 heavy (non-hydrogen) atoms. The number of aromatic nitrogens is 2. The lowest BCUT2D eigenvalue weighted by atomic mass is 9.75. The fraction of sp³-hybridized carbons (Fsp3) is 0.238. The Morgan fingerprint density at radius 3 is 2.79 bits per heavy atom. The van der Waals surface area contributed by atoms with Crippen LogP contribution in [0.15, 0.2) is 42.7 Å². The van der Waals surface area contributed by atoms with E-state index in [4.69, 9.17) is 0 Å². The van der Waals surface area contributed by atoms with Gasteiger partial charge in [-0.05, 0) is 42.2 Å². The Balaban J connectivity index is 1.67. The Bertz CT molecular complexity index is 1010. The van der Waals surface area contributed by atoms with Crippen molar-refractivity contribution in [3.8, 4) is 11.8 Å². The molecule has 2 aromatic heterocycles. The molecular formula is C21H18N2O. The van der Waals surface area contributed by atoms with Crippen LogP contribution in [0.5, 0.6) is 0 Å². The molecule has 0 atom stereocenters. The maximum atomic E-state index is 12.4. The third kappa shape index (κ3) is 2.72. The first kappa shape index (κ1) is 14.7. The predicted molar refractivity (Wildman–Crippen MR) is 94.9 cm³/mol. The molecule has 4 rings (SSSR count). The highest BCUT2D eigenvalue weighted by atomic mass is 16.1. The zero-order valence-corrected chi connectivity index (χ0v) is 13.8. The van der Waals surface area contributed by atoms with Gasteiger partial charge in [0.05, 0.1) is 5.69 Å². The van der Waals surface area contributed by atoms with Gasteiger partial charge in [-0.15, -0.1) is 0 Å². The summed E-state index contributed by atoms with van der Waals surface area (Å²) in [4.78, 5) is 20.0. The first-order valence-corrected chi connectivity index (χ1v) is 8.11. The van der Waals surface area contributed by atoms with Crippen LogP contribution in [-0.2, 0) is 6.42 Å². The fourth-order valence-corrected chi connectivity index (χ4v) is 3.26. The standard InChI is InChI=1S/C21H18N2O/c1-21(2)11-19-17(20(24)12-21)10-15(13-23-19)4-3-14-5-6-18-16(9-14)7-8-22-18/h5-10,13,22H,11-12H2,1-2H3. The molecule has 3 nitrogen and oxygen atoms in total. The van der Waals surface area contributed by atoms with Crippen molar-refractivity contribution in [1.29, 1.82) is 0 Å². The van der Waals surface area contributed by atoms with Crippen LogP contribution in [0.4, 0.5) is 0 Å². The molecule has 0 aliphatic heterocycles.